The summed E-state index contributed by atoms with van der Waals surface area (Å²) in [5, 5.41) is 3.44. The second-order valence-electron chi connectivity index (χ2n) is 5.91. The van der Waals surface area contributed by atoms with Crippen molar-refractivity contribution < 1.29 is 4.74 Å². The van der Waals surface area contributed by atoms with E-state index in [-0.39, 0.29) is 6.10 Å². The molecule has 1 fully saturated rings. The van der Waals surface area contributed by atoms with Gasteiger partial charge in [0.2, 0.25) is 0 Å². The molecule has 0 amide bonds. The first kappa shape index (κ1) is 13.4. The maximum Gasteiger partial charge on any atom is 0.122 e. The van der Waals surface area contributed by atoms with Crippen LogP contribution in [0.15, 0.2) is 24.3 Å². The molecule has 0 spiro atoms. The number of rotatable bonds is 4. The van der Waals surface area contributed by atoms with Crippen LogP contribution < -0.4 is 10.1 Å². The number of benzene rings is 1. The van der Waals surface area contributed by atoms with Crippen molar-refractivity contribution in [2.45, 2.75) is 52.2 Å². The highest BCUT2D eigenvalue weighted by Gasteiger charge is 2.42. The second-order valence-corrected chi connectivity index (χ2v) is 5.91. The summed E-state index contributed by atoms with van der Waals surface area (Å²) >= 11 is 0. The third-order valence-corrected chi connectivity index (χ3v) is 4.23. The van der Waals surface area contributed by atoms with Gasteiger partial charge in [-0.1, -0.05) is 39.0 Å². The van der Waals surface area contributed by atoms with Crippen molar-refractivity contribution in [1.29, 1.82) is 0 Å². The zero-order chi connectivity index (χ0) is 13.2. The second kappa shape index (κ2) is 5.31. The maximum absolute atomic E-state index is 6.27. The van der Waals surface area contributed by atoms with Crippen LogP contribution in [0.2, 0.25) is 0 Å². The summed E-state index contributed by atoms with van der Waals surface area (Å²) in [7, 11) is 2.04. The molecule has 100 valence electrons. The molecule has 0 aromatic heterocycles. The minimum absolute atomic E-state index is 0.290. The fourth-order valence-corrected chi connectivity index (χ4v) is 3.12. The Morgan fingerprint density at radius 2 is 2.06 bits per heavy atom. The van der Waals surface area contributed by atoms with Gasteiger partial charge in [0, 0.05) is 6.04 Å². The average Bonchev–Trinajstić information content (AvgIpc) is 2.64. The lowest BCUT2D eigenvalue weighted by Crippen LogP contribution is -2.44. The highest BCUT2D eigenvalue weighted by atomic mass is 16.5. The minimum Gasteiger partial charge on any atom is -0.489 e. The summed E-state index contributed by atoms with van der Waals surface area (Å²) in [4.78, 5) is 0. The van der Waals surface area contributed by atoms with Gasteiger partial charge in [0.15, 0.2) is 0 Å². The molecule has 18 heavy (non-hydrogen) atoms. The van der Waals surface area contributed by atoms with Crippen molar-refractivity contribution in [3.8, 4) is 5.75 Å². The monoisotopic (exact) mass is 247 g/mol. The van der Waals surface area contributed by atoms with E-state index in [9.17, 15) is 0 Å². The number of aryl methyl sites for hydroxylation is 1. The van der Waals surface area contributed by atoms with E-state index in [1.165, 1.54) is 12.0 Å². The molecular weight excluding hydrogens is 222 g/mol. The molecular formula is C16H25NO. The van der Waals surface area contributed by atoms with Crippen molar-refractivity contribution in [3.63, 3.8) is 0 Å². The summed E-state index contributed by atoms with van der Waals surface area (Å²) in [6, 6.07) is 8.83. The molecule has 1 saturated carbocycles. The van der Waals surface area contributed by atoms with Gasteiger partial charge in [-0.2, -0.15) is 0 Å². The van der Waals surface area contributed by atoms with E-state index in [1.54, 1.807) is 0 Å². The lowest BCUT2D eigenvalue weighted by Gasteiger charge is -2.30. The zero-order valence-corrected chi connectivity index (χ0v) is 12.0. The van der Waals surface area contributed by atoms with E-state index >= 15 is 0 Å². The summed E-state index contributed by atoms with van der Waals surface area (Å²) < 4.78 is 6.27. The normalized spacial score (nSPS) is 26.2. The van der Waals surface area contributed by atoms with E-state index in [4.69, 9.17) is 4.74 Å². The molecule has 2 rings (SSSR count). The third kappa shape index (κ3) is 2.54. The van der Waals surface area contributed by atoms with E-state index < -0.39 is 0 Å². The SMILES string of the molecule is CCc1ccccc1OC1CCC(C)(C)C1NC. The summed E-state index contributed by atoms with van der Waals surface area (Å²) in [5.74, 6) is 1.06. The third-order valence-electron chi connectivity index (χ3n) is 4.23. The first-order valence-electron chi connectivity index (χ1n) is 7.00. The van der Waals surface area contributed by atoms with Crippen LogP contribution >= 0.6 is 0 Å². The van der Waals surface area contributed by atoms with Crippen LogP contribution in [0.5, 0.6) is 5.75 Å². The first-order chi connectivity index (χ1) is 8.58. The molecule has 2 atom stereocenters. The van der Waals surface area contributed by atoms with Crippen molar-refractivity contribution in [1.82, 2.24) is 5.32 Å². The fraction of sp³-hybridized carbons (Fsp3) is 0.625. The number of hydrogen-bond donors (Lipinski definition) is 1. The zero-order valence-electron chi connectivity index (χ0n) is 12.0. The van der Waals surface area contributed by atoms with Crippen LogP contribution in [-0.4, -0.2) is 19.2 Å². The molecule has 2 heteroatoms. The molecule has 0 saturated heterocycles. The Morgan fingerprint density at radius 3 is 2.72 bits per heavy atom. The number of hydrogen-bond acceptors (Lipinski definition) is 2. The van der Waals surface area contributed by atoms with Crippen molar-refractivity contribution in [3.05, 3.63) is 29.8 Å². The highest BCUT2D eigenvalue weighted by Crippen LogP contribution is 2.39. The summed E-state index contributed by atoms with van der Waals surface area (Å²) in [6.07, 6.45) is 3.67. The largest absolute Gasteiger partial charge is 0.489 e. The molecule has 1 aromatic carbocycles. The fourth-order valence-electron chi connectivity index (χ4n) is 3.12. The van der Waals surface area contributed by atoms with Crippen LogP contribution in [0.25, 0.3) is 0 Å². The number of para-hydroxylation sites is 1. The number of nitrogens with one attached hydrogen (secondary N) is 1. The first-order valence-corrected chi connectivity index (χ1v) is 7.00. The molecule has 0 radical (unpaired) electrons. The van der Waals surface area contributed by atoms with E-state index in [2.05, 4.69) is 50.4 Å². The molecule has 0 bridgehead atoms. The Labute approximate surface area is 111 Å². The van der Waals surface area contributed by atoms with E-state index in [1.807, 2.05) is 7.05 Å². The number of likely N-dealkylation sites (N-methyl/N-ethyl adjacent to an activating group) is 1. The van der Waals surface area contributed by atoms with Gasteiger partial charge in [-0.15, -0.1) is 0 Å². The Bertz CT molecular complexity index is 400. The molecule has 0 aliphatic heterocycles. The highest BCUT2D eigenvalue weighted by molar-refractivity contribution is 5.33. The minimum atomic E-state index is 0.290. The number of ether oxygens (including phenoxy) is 1. The van der Waals surface area contributed by atoms with Crippen molar-refractivity contribution in [2.75, 3.05) is 7.05 Å². The van der Waals surface area contributed by atoms with Gasteiger partial charge in [0.25, 0.3) is 0 Å². The molecule has 1 aromatic rings. The van der Waals surface area contributed by atoms with Crippen LogP contribution in [0, 0.1) is 5.41 Å². The Hall–Kier alpha value is -1.02. The van der Waals surface area contributed by atoms with Gasteiger partial charge in [-0.3, -0.25) is 0 Å². The van der Waals surface area contributed by atoms with Crippen LogP contribution in [-0.2, 0) is 6.42 Å². The predicted molar refractivity (Wildman–Crippen MR) is 76.1 cm³/mol. The van der Waals surface area contributed by atoms with Gasteiger partial charge >= 0.3 is 0 Å². The topological polar surface area (TPSA) is 21.3 Å². The van der Waals surface area contributed by atoms with E-state index in [0.29, 0.717) is 11.5 Å². The Morgan fingerprint density at radius 1 is 1.33 bits per heavy atom. The predicted octanol–water partition coefficient (Wildman–Crippen LogP) is 3.40. The summed E-state index contributed by atoms with van der Waals surface area (Å²) in [5.41, 5.74) is 1.62. The molecule has 1 aliphatic carbocycles. The molecule has 2 nitrogen and oxygen atoms in total. The maximum atomic E-state index is 6.27. The summed E-state index contributed by atoms with van der Waals surface area (Å²) in [6.45, 7) is 6.82. The van der Waals surface area contributed by atoms with Gasteiger partial charge in [0.05, 0.1) is 0 Å². The van der Waals surface area contributed by atoms with Gasteiger partial charge in [-0.25, -0.2) is 0 Å². The standard InChI is InChI=1S/C16H25NO/c1-5-12-8-6-7-9-13(12)18-14-10-11-16(2,3)15(14)17-4/h6-9,14-15,17H,5,10-11H2,1-4H3. The molecule has 1 N–H and O–H groups in total. The average molecular weight is 247 g/mol. The quantitative estimate of drug-likeness (QED) is 0.880. The lowest BCUT2D eigenvalue weighted by molar-refractivity contribution is 0.144. The van der Waals surface area contributed by atoms with Crippen LogP contribution in [0.4, 0.5) is 0 Å². The molecule has 1 aliphatic rings. The molecule has 0 heterocycles. The Balaban J connectivity index is 2.14. The smallest absolute Gasteiger partial charge is 0.122 e. The van der Waals surface area contributed by atoms with Crippen molar-refractivity contribution >= 4 is 0 Å². The van der Waals surface area contributed by atoms with Crippen LogP contribution in [0.3, 0.4) is 0 Å². The van der Waals surface area contributed by atoms with Crippen molar-refractivity contribution in [2.24, 2.45) is 5.41 Å². The van der Waals surface area contributed by atoms with E-state index in [0.717, 1.165) is 18.6 Å². The van der Waals surface area contributed by atoms with Gasteiger partial charge in [0.1, 0.15) is 11.9 Å². The Kier molecular flexibility index (Phi) is 3.96. The van der Waals surface area contributed by atoms with Gasteiger partial charge in [-0.05, 0) is 43.4 Å². The molecule has 2 unspecified atom stereocenters. The van der Waals surface area contributed by atoms with Gasteiger partial charge < -0.3 is 10.1 Å². The van der Waals surface area contributed by atoms with Crippen LogP contribution in [0.1, 0.15) is 39.2 Å². The lowest BCUT2D eigenvalue weighted by atomic mass is 9.87.